The molecule has 4 heteroatoms. The molecular weight excluding hydrogens is 488 g/mol. The highest BCUT2D eigenvalue weighted by atomic mass is 15.1. The minimum Gasteiger partial charge on any atom is -0.299 e. The molecule has 1 aliphatic rings. The van der Waals surface area contributed by atoms with Crippen molar-refractivity contribution >= 4 is 0 Å². The molecule has 0 radical (unpaired) electrons. The number of nitrogens with zero attached hydrogens (tertiary/aromatic N) is 4. The third-order valence-electron chi connectivity index (χ3n) is 8.45. The molecule has 0 spiro atoms. The second kappa shape index (κ2) is 8.92. The molecule has 196 valence electrons. The van der Waals surface area contributed by atoms with Gasteiger partial charge in [-0.1, -0.05) is 86.6 Å². The summed E-state index contributed by atoms with van der Waals surface area (Å²) in [5.74, 6) is 1.86. The summed E-state index contributed by atoms with van der Waals surface area (Å²) in [6.45, 7) is 9.03. The number of imidazole rings is 2. The molecule has 0 atom stereocenters. The Hall–Kier alpha value is -4.70. The number of fused-ring (bicyclic) bond motifs is 10. The monoisotopic (exact) mass is 520 g/mol. The lowest BCUT2D eigenvalue weighted by atomic mass is 9.77. The first-order chi connectivity index (χ1) is 19.3. The van der Waals surface area contributed by atoms with Crippen LogP contribution in [-0.2, 0) is 10.8 Å². The average Bonchev–Trinajstić information content (AvgIpc) is 3.65. The van der Waals surface area contributed by atoms with Crippen molar-refractivity contribution in [3.05, 3.63) is 144 Å². The standard InChI is InChI=1S/C36H32N4/c1-35(2)27-15-11-13-25(21-27)33-37-31(23-39(33)29-17-7-5-8-18-29)36(3,4)32-24-40(30-19-9-6-10-20-30)34(38-32)26-14-12-16-28(35)22-26/h5-24H,1-4H3. The van der Waals surface area contributed by atoms with Gasteiger partial charge in [-0.05, 0) is 61.4 Å². The highest BCUT2D eigenvalue weighted by Gasteiger charge is 2.33. The van der Waals surface area contributed by atoms with Crippen LogP contribution in [0.2, 0.25) is 0 Å². The molecule has 4 nitrogen and oxygen atoms in total. The lowest BCUT2D eigenvalue weighted by Gasteiger charge is -2.27. The van der Waals surface area contributed by atoms with Crippen molar-refractivity contribution in [2.24, 2.45) is 0 Å². The van der Waals surface area contributed by atoms with E-state index < -0.39 is 5.41 Å². The number of rotatable bonds is 2. The van der Waals surface area contributed by atoms with Crippen LogP contribution in [0.15, 0.2) is 122 Å². The number of hydrogen-bond donors (Lipinski definition) is 0. The summed E-state index contributed by atoms with van der Waals surface area (Å²) in [7, 11) is 0. The Balaban J connectivity index is 1.56. The summed E-state index contributed by atoms with van der Waals surface area (Å²) in [5, 5.41) is 0. The summed E-state index contributed by atoms with van der Waals surface area (Å²) in [6, 6.07) is 38.7. The Morgan fingerprint density at radius 3 is 1.32 bits per heavy atom. The Labute approximate surface area is 235 Å². The fourth-order valence-electron chi connectivity index (χ4n) is 5.73. The molecule has 0 fully saturated rings. The van der Waals surface area contributed by atoms with Gasteiger partial charge in [-0.2, -0.15) is 0 Å². The molecule has 0 saturated heterocycles. The van der Waals surface area contributed by atoms with Gasteiger partial charge in [0, 0.05) is 40.3 Å². The first kappa shape index (κ1) is 24.3. The Morgan fingerprint density at radius 2 is 0.900 bits per heavy atom. The first-order valence-corrected chi connectivity index (χ1v) is 13.8. The fraction of sp³-hybridized carbons (Fsp3) is 0.167. The van der Waals surface area contributed by atoms with Gasteiger partial charge in [-0.15, -0.1) is 0 Å². The minimum absolute atomic E-state index is 0.227. The predicted octanol–water partition coefficient (Wildman–Crippen LogP) is 8.36. The number of hydrogen-bond acceptors (Lipinski definition) is 2. The van der Waals surface area contributed by atoms with Gasteiger partial charge in [0.25, 0.3) is 0 Å². The van der Waals surface area contributed by atoms with Crippen molar-refractivity contribution in [1.82, 2.24) is 19.1 Å². The van der Waals surface area contributed by atoms with E-state index in [2.05, 4.69) is 158 Å². The molecule has 0 amide bonds. The summed E-state index contributed by atoms with van der Waals surface area (Å²) in [4.78, 5) is 10.7. The van der Waals surface area contributed by atoms with E-state index in [-0.39, 0.29) is 5.41 Å². The van der Waals surface area contributed by atoms with Gasteiger partial charge in [0.1, 0.15) is 11.6 Å². The molecule has 2 aromatic heterocycles. The van der Waals surface area contributed by atoms with Crippen LogP contribution in [-0.4, -0.2) is 19.1 Å². The zero-order valence-electron chi connectivity index (χ0n) is 23.3. The maximum absolute atomic E-state index is 5.33. The van der Waals surface area contributed by atoms with Crippen molar-refractivity contribution in [3.63, 3.8) is 0 Å². The largest absolute Gasteiger partial charge is 0.299 e. The Bertz CT molecular complexity index is 1710. The molecule has 0 aliphatic carbocycles. The SMILES string of the molecule is CC1(C)c2cccc(c2)-c2nc(cn2-c2ccccc2)C(C)(C)c2cn(-c3ccccc3)c(n2)-c2cccc1c2. The molecule has 8 bridgehead atoms. The highest BCUT2D eigenvalue weighted by molar-refractivity contribution is 5.65. The molecule has 1 aliphatic heterocycles. The number of aromatic nitrogens is 4. The molecule has 7 rings (SSSR count). The van der Waals surface area contributed by atoms with Crippen molar-refractivity contribution in [2.45, 2.75) is 38.5 Å². The van der Waals surface area contributed by atoms with Gasteiger partial charge in [0.15, 0.2) is 0 Å². The van der Waals surface area contributed by atoms with Gasteiger partial charge in [-0.25, -0.2) is 9.97 Å². The summed E-state index contributed by atoms with van der Waals surface area (Å²) < 4.78 is 4.44. The van der Waals surface area contributed by atoms with Gasteiger partial charge in [-0.3, -0.25) is 9.13 Å². The van der Waals surface area contributed by atoms with E-state index in [1.54, 1.807) is 0 Å². The second-order valence-electron chi connectivity index (χ2n) is 11.7. The van der Waals surface area contributed by atoms with Gasteiger partial charge >= 0.3 is 0 Å². The van der Waals surface area contributed by atoms with Crippen LogP contribution >= 0.6 is 0 Å². The van der Waals surface area contributed by atoms with Crippen LogP contribution in [0, 0.1) is 0 Å². The van der Waals surface area contributed by atoms with Crippen LogP contribution in [0.4, 0.5) is 0 Å². The summed E-state index contributed by atoms with van der Waals surface area (Å²) >= 11 is 0. The molecule has 0 N–H and O–H groups in total. The van der Waals surface area contributed by atoms with Gasteiger partial charge < -0.3 is 0 Å². The second-order valence-corrected chi connectivity index (χ2v) is 11.7. The maximum Gasteiger partial charge on any atom is 0.144 e. The smallest absolute Gasteiger partial charge is 0.144 e. The van der Waals surface area contributed by atoms with Gasteiger partial charge in [0.05, 0.1) is 16.8 Å². The van der Waals surface area contributed by atoms with E-state index in [4.69, 9.17) is 9.97 Å². The van der Waals surface area contributed by atoms with Crippen molar-refractivity contribution in [1.29, 1.82) is 0 Å². The average molecular weight is 521 g/mol. The lowest BCUT2D eigenvalue weighted by molar-refractivity contribution is 0.602. The zero-order chi connectivity index (χ0) is 27.5. The van der Waals surface area contributed by atoms with E-state index in [0.29, 0.717) is 0 Å². The van der Waals surface area contributed by atoms with Crippen molar-refractivity contribution in [2.75, 3.05) is 0 Å². The van der Waals surface area contributed by atoms with Gasteiger partial charge in [0.2, 0.25) is 0 Å². The van der Waals surface area contributed by atoms with Crippen LogP contribution in [0.3, 0.4) is 0 Å². The third-order valence-corrected chi connectivity index (χ3v) is 8.45. The number of para-hydroxylation sites is 2. The fourth-order valence-corrected chi connectivity index (χ4v) is 5.73. The molecule has 6 aromatic rings. The normalized spacial score (nSPS) is 14.9. The zero-order valence-corrected chi connectivity index (χ0v) is 23.3. The molecule has 0 unspecified atom stereocenters. The quantitative estimate of drug-likeness (QED) is 0.230. The number of benzene rings is 4. The summed E-state index contributed by atoms with van der Waals surface area (Å²) in [5.41, 5.74) is 8.14. The molecule has 40 heavy (non-hydrogen) atoms. The van der Waals surface area contributed by atoms with E-state index in [1.165, 1.54) is 11.1 Å². The van der Waals surface area contributed by atoms with Crippen LogP contribution in [0.1, 0.15) is 50.2 Å². The molecule has 4 aromatic carbocycles. The van der Waals surface area contributed by atoms with E-state index in [9.17, 15) is 0 Å². The van der Waals surface area contributed by atoms with E-state index in [1.807, 2.05) is 0 Å². The minimum atomic E-state index is -0.442. The van der Waals surface area contributed by atoms with Crippen LogP contribution in [0.25, 0.3) is 34.2 Å². The Kier molecular flexibility index (Phi) is 5.43. The predicted molar refractivity (Wildman–Crippen MR) is 162 cm³/mol. The molecule has 3 heterocycles. The Morgan fingerprint density at radius 1 is 0.475 bits per heavy atom. The highest BCUT2D eigenvalue weighted by Crippen LogP contribution is 2.40. The van der Waals surface area contributed by atoms with Crippen molar-refractivity contribution in [3.8, 4) is 34.2 Å². The van der Waals surface area contributed by atoms with E-state index >= 15 is 0 Å². The third kappa shape index (κ3) is 3.83. The summed E-state index contributed by atoms with van der Waals surface area (Å²) in [6.07, 6.45) is 4.37. The maximum atomic E-state index is 5.33. The van der Waals surface area contributed by atoms with E-state index in [0.717, 1.165) is 45.5 Å². The first-order valence-electron chi connectivity index (χ1n) is 13.8. The topological polar surface area (TPSA) is 35.6 Å². The van der Waals surface area contributed by atoms with Crippen LogP contribution in [0.5, 0.6) is 0 Å². The van der Waals surface area contributed by atoms with Crippen LogP contribution < -0.4 is 0 Å². The molecular formula is C36H32N4. The lowest BCUT2D eigenvalue weighted by Crippen LogP contribution is -2.20. The van der Waals surface area contributed by atoms with Crippen molar-refractivity contribution < 1.29 is 0 Å². The molecule has 0 saturated carbocycles.